The molecule has 3 rings (SSSR count). The quantitative estimate of drug-likeness (QED) is 0.701. The maximum atomic E-state index is 12.8. The number of aliphatic hydroxyl groups is 1. The molecule has 1 heterocycles. The first kappa shape index (κ1) is 21.3. The molecule has 2 fully saturated rings. The van der Waals surface area contributed by atoms with E-state index in [-0.39, 0.29) is 23.5 Å². The van der Waals surface area contributed by atoms with E-state index in [0.717, 1.165) is 12.8 Å². The molecule has 1 aliphatic heterocycles. The van der Waals surface area contributed by atoms with Crippen LogP contribution in [0.25, 0.3) is 0 Å². The van der Waals surface area contributed by atoms with Gasteiger partial charge in [0.1, 0.15) is 0 Å². The lowest BCUT2D eigenvalue weighted by Gasteiger charge is -2.46. The van der Waals surface area contributed by atoms with Crippen LogP contribution in [0.5, 0.6) is 0 Å². The maximum Gasteiger partial charge on any atom is 0.237 e. The molecule has 2 aliphatic rings. The highest BCUT2D eigenvalue weighted by Gasteiger charge is 2.41. The van der Waals surface area contributed by atoms with Crippen molar-refractivity contribution in [3.63, 3.8) is 0 Å². The second kappa shape index (κ2) is 9.41. The predicted molar refractivity (Wildman–Crippen MR) is 114 cm³/mol. The summed E-state index contributed by atoms with van der Waals surface area (Å²) >= 11 is 0. The molecule has 155 valence electrons. The van der Waals surface area contributed by atoms with Crippen LogP contribution in [0.1, 0.15) is 64.9 Å². The number of hydrogen-bond acceptors (Lipinski definition) is 3. The lowest BCUT2D eigenvalue weighted by molar-refractivity contribution is -0.127. The number of rotatable bonds is 6. The van der Waals surface area contributed by atoms with Crippen LogP contribution in [0.2, 0.25) is 0 Å². The minimum Gasteiger partial charge on any atom is -0.393 e. The lowest BCUT2D eigenvalue weighted by atomic mass is 9.68. The molecule has 1 amide bonds. The van der Waals surface area contributed by atoms with Gasteiger partial charge in [0.2, 0.25) is 5.91 Å². The Hall–Kier alpha value is -1.39. The van der Waals surface area contributed by atoms with Crippen molar-refractivity contribution < 1.29 is 9.90 Å². The van der Waals surface area contributed by atoms with E-state index < -0.39 is 6.10 Å². The summed E-state index contributed by atoms with van der Waals surface area (Å²) in [7, 11) is 0. The summed E-state index contributed by atoms with van der Waals surface area (Å²) in [4.78, 5) is 12.8. The van der Waals surface area contributed by atoms with Gasteiger partial charge in [-0.05, 0) is 70.3 Å². The molecule has 1 saturated carbocycles. The lowest BCUT2D eigenvalue weighted by Crippen LogP contribution is -2.60. The third-order valence-corrected chi connectivity index (χ3v) is 6.22. The monoisotopic (exact) mass is 385 g/mol. The SMILES string of the molecule is CC(C)(C)NC(=O)C1CC2CCCCC2C(CC(O)[CH]Cc2ccccc2)N1. The summed E-state index contributed by atoms with van der Waals surface area (Å²) in [6, 6.07) is 10.3. The van der Waals surface area contributed by atoms with Crippen LogP contribution in [-0.4, -0.2) is 34.7 Å². The van der Waals surface area contributed by atoms with Gasteiger partial charge in [-0.3, -0.25) is 4.79 Å². The molecule has 28 heavy (non-hydrogen) atoms. The molecule has 4 nitrogen and oxygen atoms in total. The highest BCUT2D eigenvalue weighted by molar-refractivity contribution is 5.82. The molecule has 0 aromatic heterocycles. The molecule has 1 aromatic carbocycles. The number of fused-ring (bicyclic) bond motifs is 1. The molecule has 1 aliphatic carbocycles. The fraction of sp³-hybridized carbons (Fsp3) is 0.667. The van der Waals surface area contributed by atoms with Crippen LogP contribution in [0.15, 0.2) is 30.3 Å². The Morgan fingerprint density at radius 2 is 1.96 bits per heavy atom. The molecule has 5 unspecified atom stereocenters. The van der Waals surface area contributed by atoms with Gasteiger partial charge in [0, 0.05) is 11.6 Å². The first-order chi connectivity index (χ1) is 13.3. The third kappa shape index (κ3) is 6.05. The Labute approximate surface area is 170 Å². The van der Waals surface area contributed by atoms with Gasteiger partial charge >= 0.3 is 0 Å². The van der Waals surface area contributed by atoms with Crippen molar-refractivity contribution in [1.29, 1.82) is 0 Å². The smallest absolute Gasteiger partial charge is 0.237 e. The molecule has 1 saturated heterocycles. The Balaban J connectivity index is 1.60. The number of aliphatic hydroxyl groups excluding tert-OH is 1. The molecule has 1 radical (unpaired) electrons. The second-order valence-corrected chi connectivity index (χ2v) is 9.74. The summed E-state index contributed by atoms with van der Waals surface area (Å²) < 4.78 is 0. The number of hydrogen-bond donors (Lipinski definition) is 3. The number of carbonyl (C=O) groups is 1. The molecule has 0 bridgehead atoms. The molecule has 5 atom stereocenters. The second-order valence-electron chi connectivity index (χ2n) is 9.74. The van der Waals surface area contributed by atoms with Gasteiger partial charge in [-0.15, -0.1) is 0 Å². The van der Waals surface area contributed by atoms with Crippen LogP contribution in [0.3, 0.4) is 0 Å². The van der Waals surface area contributed by atoms with E-state index in [9.17, 15) is 9.90 Å². The standard InChI is InChI=1S/C24H37N2O2/c1-24(2,3)26-23(28)22-15-18-11-7-8-12-20(18)21(25-22)16-19(27)14-13-17-9-5-4-6-10-17/h4-6,9-10,14,18-22,25,27H,7-8,11-13,15-16H2,1-3H3,(H,26,28). The first-order valence-corrected chi connectivity index (χ1v) is 11.0. The predicted octanol–water partition coefficient (Wildman–Crippen LogP) is 3.64. The van der Waals surface area contributed by atoms with Crippen LogP contribution >= 0.6 is 0 Å². The number of benzene rings is 1. The van der Waals surface area contributed by atoms with Gasteiger partial charge < -0.3 is 15.7 Å². The van der Waals surface area contributed by atoms with Crippen LogP contribution in [0.4, 0.5) is 0 Å². The van der Waals surface area contributed by atoms with E-state index >= 15 is 0 Å². The van der Waals surface area contributed by atoms with Gasteiger partial charge in [-0.25, -0.2) is 0 Å². The highest BCUT2D eigenvalue weighted by atomic mass is 16.3. The summed E-state index contributed by atoms with van der Waals surface area (Å²) in [5.74, 6) is 1.27. The summed E-state index contributed by atoms with van der Waals surface area (Å²) in [6.45, 7) is 6.07. The zero-order valence-electron chi connectivity index (χ0n) is 17.7. The van der Waals surface area contributed by atoms with E-state index in [1.54, 1.807) is 0 Å². The van der Waals surface area contributed by atoms with Crippen molar-refractivity contribution >= 4 is 5.91 Å². The fourth-order valence-corrected chi connectivity index (χ4v) is 4.94. The van der Waals surface area contributed by atoms with Gasteiger partial charge in [-0.1, -0.05) is 49.6 Å². The first-order valence-electron chi connectivity index (χ1n) is 11.0. The Bertz CT molecular complexity index is 625. The van der Waals surface area contributed by atoms with Crippen molar-refractivity contribution in [3.8, 4) is 0 Å². The van der Waals surface area contributed by atoms with E-state index in [4.69, 9.17) is 0 Å². The van der Waals surface area contributed by atoms with Crippen molar-refractivity contribution in [2.45, 2.75) is 89.4 Å². The molecule has 4 heteroatoms. The van der Waals surface area contributed by atoms with E-state index in [1.807, 2.05) is 45.4 Å². The summed E-state index contributed by atoms with van der Waals surface area (Å²) in [6.07, 6.45) is 8.90. The number of piperidine rings is 1. The average Bonchev–Trinajstić information content (AvgIpc) is 2.66. The Kier molecular flexibility index (Phi) is 7.16. The van der Waals surface area contributed by atoms with Crippen LogP contribution in [-0.2, 0) is 11.2 Å². The van der Waals surface area contributed by atoms with Crippen molar-refractivity contribution in [2.75, 3.05) is 0 Å². The Morgan fingerprint density at radius 3 is 2.68 bits per heavy atom. The van der Waals surface area contributed by atoms with Crippen molar-refractivity contribution in [2.24, 2.45) is 11.8 Å². The molecular formula is C24H37N2O2. The number of nitrogens with one attached hydrogen (secondary N) is 2. The van der Waals surface area contributed by atoms with E-state index in [0.29, 0.717) is 18.3 Å². The zero-order chi connectivity index (χ0) is 20.1. The van der Waals surface area contributed by atoms with Crippen LogP contribution in [0, 0.1) is 18.3 Å². The minimum absolute atomic E-state index is 0.101. The third-order valence-electron chi connectivity index (χ3n) is 6.22. The van der Waals surface area contributed by atoms with E-state index in [2.05, 4.69) is 22.8 Å². The topological polar surface area (TPSA) is 61.4 Å². The molecule has 3 N–H and O–H groups in total. The summed E-state index contributed by atoms with van der Waals surface area (Å²) in [5.41, 5.74) is 0.997. The zero-order valence-corrected chi connectivity index (χ0v) is 17.7. The van der Waals surface area contributed by atoms with Crippen molar-refractivity contribution in [1.82, 2.24) is 10.6 Å². The van der Waals surface area contributed by atoms with E-state index in [1.165, 1.54) is 31.2 Å². The highest BCUT2D eigenvalue weighted by Crippen LogP contribution is 2.40. The maximum absolute atomic E-state index is 12.8. The largest absolute Gasteiger partial charge is 0.393 e. The number of amides is 1. The average molecular weight is 386 g/mol. The molecule has 0 spiro atoms. The fourth-order valence-electron chi connectivity index (χ4n) is 4.94. The van der Waals surface area contributed by atoms with Gasteiger partial charge in [0.05, 0.1) is 12.1 Å². The van der Waals surface area contributed by atoms with Gasteiger partial charge in [0.25, 0.3) is 0 Å². The molecule has 1 aromatic rings. The van der Waals surface area contributed by atoms with Gasteiger partial charge in [0.15, 0.2) is 0 Å². The van der Waals surface area contributed by atoms with Crippen LogP contribution < -0.4 is 10.6 Å². The van der Waals surface area contributed by atoms with Gasteiger partial charge in [-0.2, -0.15) is 0 Å². The Morgan fingerprint density at radius 1 is 1.25 bits per heavy atom. The minimum atomic E-state index is -0.454. The van der Waals surface area contributed by atoms with Crippen molar-refractivity contribution in [3.05, 3.63) is 42.3 Å². The molecular weight excluding hydrogens is 348 g/mol. The summed E-state index contributed by atoms with van der Waals surface area (Å²) in [5, 5.41) is 17.4. The normalized spacial score (nSPS) is 29.0. The number of carbonyl (C=O) groups excluding carboxylic acids is 1.